The maximum atomic E-state index is 14.6. The lowest BCUT2D eigenvalue weighted by molar-refractivity contribution is 0.0617. The number of nitrogens with zero attached hydrogens (tertiary/aromatic N) is 1. The van der Waals surface area contributed by atoms with Crippen LogP contribution in [0.25, 0.3) is 21.2 Å². The average Bonchev–Trinajstić information content (AvgIpc) is 3.32. The Labute approximate surface area is 235 Å². The van der Waals surface area contributed by atoms with Crippen molar-refractivity contribution in [1.82, 2.24) is 4.90 Å². The Morgan fingerprint density at radius 3 is 2.41 bits per heavy atom. The first-order valence-electron chi connectivity index (χ1n) is 12.9. The van der Waals surface area contributed by atoms with Crippen LogP contribution < -0.4 is 4.74 Å². The molecule has 0 aliphatic heterocycles. The van der Waals surface area contributed by atoms with Crippen LogP contribution in [-0.2, 0) is 6.54 Å². The maximum absolute atomic E-state index is 14.6. The predicted molar refractivity (Wildman–Crippen MR) is 152 cm³/mol. The Balaban J connectivity index is 1.57. The van der Waals surface area contributed by atoms with Crippen LogP contribution in [0.4, 0.5) is 8.78 Å². The SMILES string of the molecule is COc1ccc(-c2cccc(C(C)=O)c2)cc1CN(C(=O)c1sc2c(F)ccc(F)c2c1Cl)C1CCCCC1. The normalized spacial score (nSPS) is 14.0. The monoisotopic (exact) mass is 567 g/mol. The molecule has 1 amide bonds. The number of rotatable bonds is 7. The van der Waals surface area contributed by atoms with E-state index < -0.39 is 11.6 Å². The molecule has 1 aliphatic carbocycles. The predicted octanol–water partition coefficient (Wildman–Crippen LogP) is 8.69. The molecule has 0 saturated heterocycles. The maximum Gasteiger partial charge on any atom is 0.266 e. The quantitative estimate of drug-likeness (QED) is 0.210. The van der Waals surface area contributed by atoms with Crippen molar-refractivity contribution in [2.24, 2.45) is 0 Å². The van der Waals surface area contributed by atoms with E-state index in [1.54, 1.807) is 18.1 Å². The zero-order valence-electron chi connectivity index (χ0n) is 21.7. The third-order valence-electron chi connectivity index (χ3n) is 7.38. The first-order chi connectivity index (χ1) is 18.8. The number of ketones is 1. The molecule has 1 aromatic heterocycles. The molecule has 8 heteroatoms. The van der Waals surface area contributed by atoms with Crippen molar-refractivity contribution in [2.45, 2.75) is 51.6 Å². The summed E-state index contributed by atoms with van der Waals surface area (Å²) in [6.45, 7) is 1.77. The first kappa shape index (κ1) is 27.3. The molecule has 0 atom stereocenters. The first-order valence-corrected chi connectivity index (χ1v) is 14.1. The van der Waals surface area contributed by atoms with E-state index in [0.717, 1.165) is 72.3 Å². The van der Waals surface area contributed by atoms with E-state index >= 15 is 0 Å². The molecule has 1 fully saturated rings. The second-order valence-electron chi connectivity index (χ2n) is 9.87. The smallest absolute Gasteiger partial charge is 0.266 e. The van der Waals surface area contributed by atoms with Crippen molar-refractivity contribution < 1.29 is 23.1 Å². The van der Waals surface area contributed by atoms with Gasteiger partial charge in [0.1, 0.15) is 22.3 Å². The fourth-order valence-corrected chi connectivity index (χ4v) is 6.81. The van der Waals surface area contributed by atoms with E-state index in [4.69, 9.17) is 16.3 Å². The molecule has 1 heterocycles. The van der Waals surface area contributed by atoms with Gasteiger partial charge >= 0.3 is 0 Å². The Kier molecular flexibility index (Phi) is 8.01. The number of carbonyl (C=O) groups is 2. The minimum absolute atomic E-state index is 0.0206. The van der Waals surface area contributed by atoms with Gasteiger partial charge in [0.25, 0.3) is 5.91 Å². The van der Waals surface area contributed by atoms with Gasteiger partial charge in [-0.25, -0.2) is 8.78 Å². The minimum Gasteiger partial charge on any atom is -0.496 e. The van der Waals surface area contributed by atoms with Crippen LogP contribution in [0, 0.1) is 11.6 Å². The highest BCUT2D eigenvalue weighted by Gasteiger charge is 2.31. The summed E-state index contributed by atoms with van der Waals surface area (Å²) < 4.78 is 34.8. The van der Waals surface area contributed by atoms with E-state index in [2.05, 4.69) is 0 Å². The molecule has 1 aliphatic rings. The number of benzene rings is 3. The van der Waals surface area contributed by atoms with Crippen LogP contribution in [0.3, 0.4) is 0 Å². The van der Waals surface area contributed by atoms with Gasteiger partial charge in [-0.1, -0.05) is 55.1 Å². The number of fused-ring (bicyclic) bond motifs is 1. The largest absolute Gasteiger partial charge is 0.496 e. The Hall–Kier alpha value is -3.29. The van der Waals surface area contributed by atoms with Gasteiger partial charge in [-0.05, 0) is 61.2 Å². The molecule has 3 aromatic carbocycles. The van der Waals surface area contributed by atoms with Gasteiger partial charge in [0.2, 0.25) is 0 Å². The van der Waals surface area contributed by atoms with E-state index in [0.29, 0.717) is 11.3 Å². The Bertz CT molecular complexity index is 1560. The third-order valence-corrected chi connectivity index (χ3v) is 9.05. The average molecular weight is 568 g/mol. The molecule has 0 radical (unpaired) electrons. The van der Waals surface area contributed by atoms with E-state index in [-0.39, 0.29) is 44.3 Å². The van der Waals surface area contributed by atoms with E-state index in [9.17, 15) is 18.4 Å². The Morgan fingerprint density at radius 1 is 1.00 bits per heavy atom. The number of methoxy groups -OCH3 is 1. The van der Waals surface area contributed by atoms with Crippen molar-refractivity contribution in [2.75, 3.05) is 7.11 Å². The summed E-state index contributed by atoms with van der Waals surface area (Å²) in [6, 6.07) is 15.2. The summed E-state index contributed by atoms with van der Waals surface area (Å²) in [5.41, 5.74) is 3.16. The molecular weight excluding hydrogens is 540 g/mol. The van der Waals surface area contributed by atoms with Gasteiger partial charge in [-0.15, -0.1) is 11.3 Å². The zero-order valence-corrected chi connectivity index (χ0v) is 23.3. The van der Waals surface area contributed by atoms with Crippen molar-refractivity contribution in [3.8, 4) is 16.9 Å². The molecular formula is C31H28ClF2NO3S. The van der Waals surface area contributed by atoms with Crippen LogP contribution in [-0.4, -0.2) is 29.7 Å². The van der Waals surface area contributed by atoms with Crippen LogP contribution in [0.1, 0.15) is 64.6 Å². The number of Topliss-reactive ketones (excluding diaryl/α,β-unsaturated/α-hetero) is 1. The number of amides is 1. The van der Waals surface area contributed by atoms with Crippen molar-refractivity contribution in [3.05, 3.63) is 87.3 Å². The van der Waals surface area contributed by atoms with Gasteiger partial charge < -0.3 is 9.64 Å². The lowest BCUT2D eigenvalue weighted by atomic mass is 9.93. The van der Waals surface area contributed by atoms with Gasteiger partial charge in [-0.3, -0.25) is 9.59 Å². The topological polar surface area (TPSA) is 46.6 Å². The van der Waals surface area contributed by atoms with E-state index in [1.165, 1.54) is 6.92 Å². The number of carbonyl (C=O) groups excluding carboxylic acids is 2. The van der Waals surface area contributed by atoms with E-state index in [1.807, 2.05) is 36.4 Å². The standard InChI is InChI=1S/C31H28ClF2NO3S/c1-18(36)19-7-6-8-20(15-19)21-11-14-26(38-2)22(16-21)17-35(23-9-4-3-5-10-23)31(37)30-28(32)27-24(33)12-13-25(34)29(27)39-30/h6-8,11-16,23H,3-5,9-10,17H2,1-2H3. The lowest BCUT2D eigenvalue weighted by Gasteiger charge is -2.34. The van der Waals surface area contributed by atoms with Crippen molar-refractivity contribution >= 4 is 44.7 Å². The third kappa shape index (κ3) is 5.43. The molecule has 4 aromatic rings. The number of halogens is 3. The lowest BCUT2D eigenvalue weighted by Crippen LogP contribution is -2.40. The Morgan fingerprint density at radius 2 is 1.72 bits per heavy atom. The highest BCUT2D eigenvalue weighted by atomic mass is 35.5. The summed E-state index contributed by atoms with van der Waals surface area (Å²) in [5.74, 6) is -1.01. The second-order valence-corrected chi connectivity index (χ2v) is 11.3. The molecule has 202 valence electrons. The molecule has 39 heavy (non-hydrogen) atoms. The molecule has 0 spiro atoms. The van der Waals surface area contributed by atoms with Gasteiger partial charge in [0.15, 0.2) is 5.78 Å². The molecule has 5 rings (SSSR count). The second kappa shape index (κ2) is 11.4. The molecule has 0 N–H and O–H groups in total. The summed E-state index contributed by atoms with van der Waals surface area (Å²) >= 11 is 7.41. The summed E-state index contributed by atoms with van der Waals surface area (Å²) in [4.78, 5) is 27.9. The van der Waals surface area contributed by atoms with Gasteiger partial charge in [0, 0.05) is 23.7 Å². The van der Waals surface area contributed by atoms with Crippen molar-refractivity contribution in [3.63, 3.8) is 0 Å². The van der Waals surface area contributed by atoms with Crippen LogP contribution in [0.2, 0.25) is 5.02 Å². The van der Waals surface area contributed by atoms with Crippen LogP contribution >= 0.6 is 22.9 Å². The van der Waals surface area contributed by atoms with Crippen LogP contribution in [0.15, 0.2) is 54.6 Å². The fraction of sp³-hybridized carbons (Fsp3) is 0.290. The fourth-order valence-electron chi connectivity index (χ4n) is 5.31. The zero-order chi connectivity index (χ0) is 27.7. The molecule has 0 unspecified atom stereocenters. The summed E-state index contributed by atoms with van der Waals surface area (Å²) in [7, 11) is 1.58. The van der Waals surface area contributed by atoms with Gasteiger partial charge in [-0.2, -0.15) is 0 Å². The number of hydrogen-bond acceptors (Lipinski definition) is 4. The number of hydrogen-bond donors (Lipinski definition) is 0. The minimum atomic E-state index is -0.655. The summed E-state index contributed by atoms with van der Waals surface area (Å²) in [5, 5.41) is -0.113. The number of thiophene rings is 1. The van der Waals surface area contributed by atoms with Gasteiger partial charge in [0.05, 0.1) is 22.2 Å². The highest BCUT2D eigenvalue weighted by molar-refractivity contribution is 7.21. The molecule has 1 saturated carbocycles. The summed E-state index contributed by atoms with van der Waals surface area (Å²) in [6.07, 6.45) is 4.75. The van der Waals surface area contributed by atoms with Crippen molar-refractivity contribution in [1.29, 1.82) is 0 Å². The van der Waals surface area contributed by atoms with Crippen LogP contribution in [0.5, 0.6) is 5.75 Å². The number of ether oxygens (including phenoxy) is 1. The molecule has 4 nitrogen and oxygen atoms in total. The highest BCUT2D eigenvalue weighted by Crippen LogP contribution is 2.40. The molecule has 0 bridgehead atoms.